The van der Waals surface area contributed by atoms with Gasteiger partial charge in [0.2, 0.25) is 17.7 Å². The molecule has 0 aliphatic carbocycles. The van der Waals surface area contributed by atoms with Gasteiger partial charge in [-0.1, -0.05) is 87.5 Å². The zero-order chi connectivity index (χ0) is 60.7. The number of fused-ring (bicyclic) bond motifs is 1. The Balaban J connectivity index is 0.660. The summed E-state index contributed by atoms with van der Waals surface area (Å²) in [5, 5.41) is 31.1. The fourth-order valence-electron chi connectivity index (χ4n) is 10.4. The van der Waals surface area contributed by atoms with Crippen molar-refractivity contribution < 1.29 is 47.9 Å². The number of thiazole rings is 1. The SMILES string of the molecule is COc1cc(Nc2c(C#N)cnc3cc(OCCCN4CCN(CCCCCCOCCOCCOCCCCCC(=O)NC(C(=O)N5CC(O)CC5C(=O)NCc5ccc(-c6scnc6C)cc5)C(C)(C)C)CC4)c(OC)cc23)c(Cl)cc1Cl. The number of amides is 3. The number of anilines is 2. The number of pyridine rings is 1. The Morgan fingerprint density at radius 3 is 2.07 bits per heavy atom. The minimum atomic E-state index is -0.866. The largest absolute Gasteiger partial charge is 0.495 e. The number of nitrogens with one attached hydrogen (secondary N) is 3. The van der Waals surface area contributed by atoms with E-state index in [0.717, 1.165) is 99.7 Å². The number of aromatic nitrogens is 2. The number of piperazine rings is 1. The first-order chi connectivity index (χ1) is 41.1. The molecule has 5 aromatic rings. The quantitative estimate of drug-likeness (QED) is 0.0281. The van der Waals surface area contributed by atoms with Crippen molar-refractivity contribution in [2.75, 3.05) is 112 Å². The minimum Gasteiger partial charge on any atom is -0.495 e. The highest BCUT2D eigenvalue weighted by atomic mass is 35.5. The molecule has 3 amide bonds. The molecular weight excluding hydrogens is 1150 g/mol. The van der Waals surface area contributed by atoms with E-state index in [4.69, 9.17) is 51.6 Å². The van der Waals surface area contributed by atoms with Crippen LogP contribution in [-0.4, -0.2) is 172 Å². The van der Waals surface area contributed by atoms with Crippen LogP contribution in [0.15, 0.2) is 60.2 Å². The van der Waals surface area contributed by atoms with Gasteiger partial charge in [0.15, 0.2) is 11.5 Å². The lowest BCUT2D eigenvalue weighted by Gasteiger charge is -2.35. The van der Waals surface area contributed by atoms with Gasteiger partial charge in [0.25, 0.3) is 0 Å². The molecule has 0 spiro atoms. The average molecular weight is 1230 g/mol. The summed E-state index contributed by atoms with van der Waals surface area (Å²) in [6, 6.07) is 15.4. The third-order valence-corrected chi connectivity index (χ3v) is 16.9. The molecule has 22 heteroatoms. The normalized spacial score (nSPS) is 16.1. The van der Waals surface area contributed by atoms with E-state index in [0.29, 0.717) is 101 Å². The highest BCUT2D eigenvalue weighted by Gasteiger charge is 2.44. The van der Waals surface area contributed by atoms with Crippen LogP contribution in [0.3, 0.4) is 0 Å². The maximum absolute atomic E-state index is 14.0. The minimum absolute atomic E-state index is 0.0246. The molecule has 2 saturated heterocycles. The van der Waals surface area contributed by atoms with Crippen molar-refractivity contribution in [1.82, 2.24) is 35.3 Å². The number of hydrogen-bond donors (Lipinski definition) is 4. The number of unbranched alkanes of at least 4 members (excludes halogenated alkanes) is 5. The average Bonchev–Trinajstić information content (AvgIpc) is 4.23. The Bertz CT molecular complexity index is 2990. The van der Waals surface area contributed by atoms with Crippen LogP contribution in [0, 0.1) is 23.7 Å². The number of ether oxygens (including phenoxy) is 6. The Kier molecular flexibility index (Phi) is 26.6. The summed E-state index contributed by atoms with van der Waals surface area (Å²) in [5.41, 5.74) is 6.16. The number of aliphatic hydroxyl groups excluding tert-OH is 1. The molecule has 0 bridgehead atoms. The van der Waals surface area contributed by atoms with E-state index in [1.165, 1.54) is 31.0 Å². The maximum Gasteiger partial charge on any atom is 0.246 e. The Morgan fingerprint density at radius 2 is 1.44 bits per heavy atom. The second-order valence-corrected chi connectivity index (χ2v) is 24.3. The van der Waals surface area contributed by atoms with Gasteiger partial charge >= 0.3 is 0 Å². The number of aliphatic hydroxyl groups is 1. The second kappa shape index (κ2) is 33.9. The Labute approximate surface area is 514 Å². The smallest absolute Gasteiger partial charge is 0.246 e. The molecule has 2 aromatic heterocycles. The first kappa shape index (κ1) is 66.7. The van der Waals surface area contributed by atoms with E-state index >= 15 is 0 Å². The number of likely N-dealkylation sites (tertiary alicyclic amines) is 1. The summed E-state index contributed by atoms with van der Waals surface area (Å²) in [4.78, 5) is 57.1. The molecule has 0 saturated carbocycles. The van der Waals surface area contributed by atoms with Gasteiger partial charge < -0.3 is 64.2 Å². The number of nitriles is 1. The van der Waals surface area contributed by atoms with Gasteiger partial charge in [-0.25, -0.2) is 4.98 Å². The van der Waals surface area contributed by atoms with Crippen LogP contribution in [0.25, 0.3) is 21.3 Å². The molecule has 85 heavy (non-hydrogen) atoms. The molecule has 462 valence electrons. The van der Waals surface area contributed by atoms with Crippen LogP contribution < -0.4 is 30.2 Å². The highest BCUT2D eigenvalue weighted by Crippen LogP contribution is 2.41. The van der Waals surface area contributed by atoms with Gasteiger partial charge in [0.05, 0.1) is 102 Å². The van der Waals surface area contributed by atoms with Gasteiger partial charge in [-0.3, -0.25) is 19.4 Å². The third-order valence-electron chi connectivity index (χ3n) is 15.3. The molecular formula is C63H85Cl2N9O10S. The van der Waals surface area contributed by atoms with Crippen molar-refractivity contribution in [2.24, 2.45) is 5.41 Å². The van der Waals surface area contributed by atoms with E-state index in [1.54, 1.807) is 30.6 Å². The topological polar surface area (TPSA) is 222 Å². The van der Waals surface area contributed by atoms with Crippen LogP contribution in [0.4, 0.5) is 11.4 Å². The molecule has 3 atom stereocenters. The van der Waals surface area contributed by atoms with Crippen molar-refractivity contribution in [2.45, 2.75) is 117 Å². The fraction of sp³-hybridized carbons (Fsp3) is 0.556. The summed E-state index contributed by atoms with van der Waals surface area (Å²) < 4.78 is 34.6. The summed E-state index contributed by atoms with van der Waals surface area (Å²) >= 11 is 14.4. The van der Waals surface area contributed by atoms with Crippen LogP contribution >= 0.6 is 34.5 Å². The number of nitrogens with zero attached hydrogens (tertiary/aromatic N) is 6. The van der Waals surface area contributed by atoms with Crippen molar-refractivity contribution in [3.63, 3.8) is 0 Å². The third kappa shape index (κ3) is 20.1. The molecule has 4 N–H and O–H groups in total. The number of carbonyl (C=O) groups is 3. The second-order valence-electron chi connectivity index (χ2n) is 22.7. The molecule has 3 unspecified atom stereocenters. The van der Waals surface area contributed by atoms with E-state index in [-0.39, 0.29) is 43.7 Å². The summed E-state index contributed by atoms with van der Waals surface area (Å²) in [6.07, 6.45) is 8.71. The lowest BCUT2D eigenvalue weighted by atomic mass is 9.85. The maximum atomic E-state index is 14.0. The predicted octanol–water partition coefficient (Wildman–Crippen LogP) is 9.97. The Morgan fingerprint density at radius 1 is 0.788 bits per heavy atom. The van der Waals surface area contributed by atoms with E-state index in [2.05, 4.69) is 41.8 Å². The zero-order valence-electron chi connectivity index (χ0n) is 50.2. The van der Waals surface area contributed by atoms with Crippen LogP contribution in [-0.2, 0) is 35.1 Å². The van der Waals surface area contributed by atoms with Gasteiger partial charge in [-0.15, -0.1) is 11.3 Å². The molecule has 2 fully saturated rings. The van der Waals surface area contributed by atoms with Gasteiger partial charge in [-0.2, -0.15) is 5.26 Å². The summed E-state index contributed by atoms with van der Waals surface area (Å²) in [7, 11) is 3.11. The molecule has 2 aliphatic rings. The number of aryl methyl sites for hydroxylation is 1. The lowest BCUT2D eigenvalue weighted by Crippen LogP contribution is -2.57. The summed E-state index contributed by atoms with van der Waals surface area (Å²) in [5.74, 6) is 0.624. The molecule has 19 nitrogen and oxygen atoms in total. The van der Waals surface area contributed by atoms with Crippen molar-refractivity contribution in [3.8, 4) is 33.8 Å². The van der Waals surface area contributed by atoms with E-state index in [9.17, 15) is 24.8 Å². The van der Waals surface area contributed by atoms with Gasteiger partial charge in [0, 0.05) is 95.6 Å². The Hall–Kier alpha value is -5.86. The number of hydrogen-bond acceptors (Lipinski definition) is 17. The van der Waals surface area contributed by atoms with Crippen molar-refractivity contribution in [3.05, 3.63) is 87.1 Å². The van der Waals surface area contributed by atoms with Crippen LogP contribution in [0.1, 0.15) is 102 Å². The highest BCUT2D eigenvalue weighted by molar-refractivity contribution is 7.13. The molecule has 7 rings (SSSR count). The zero-order valence-corrected chi connectivity index (χ0v) is 52.5. The predicted molar refractivity (Wildman–Crippen MR) is 333 cm³/mol. The first-order valence-electron chi connectivity index (χ1n) is 29.6. The van der Waals surface area contributed by atoms with Gasteiger partial charge in [-0.05, 0) is 74.2 Å². The fourth-order valence-corrected chi connectivity index (χ4v) is 11.7. The number of benzene rings is 3. The molecule has 2 aliphatic heterocycles. The number of rotatable bonds is 34. The van der Waals surface area contributed by atoms with Crippen molar-refractivity contribution >= 4 is 74.5 Å². The van der Waals surface area contributed by atoms with Crippen molar-refractivity contribution in [1.29, 1.82) is 5.26 Å². The van der Waals surface area contributed by atoms with Crippen LogP contribution in [0.5, 0.6) is 17.2 Å². The van der Waals surface area contributed by atoms with E-state index in [1.807, 2.05) is 69.6 Å². The number of carbonyl (C=O) groups excluding carboxylic acids is 3. The molecule has 0 radical (unpaired) electrons. The van der Waals surface area contributed by atoms with Crippen LogP contribution in [0.2, 0.25) is 10.0 Å². The van der Waals surface area contributed by atoms with E-state index < -0.39 is 23.6 Å². The number of β-amino-alcohol motifs (C(OH)–C–C–N with tert-alkyl or cyclic N) is 1. The van der Waals surface area contributed by atoms with Gasteiger partial charge in [0.1, 0.15) is 23.9 Å². The monoisotopic (exact) mass is 1230 g/mol. The first-order valence-corrected chi connectivity index (χ1v) is 31.3. The molecule has 4 heterocycles. The lowest BCUT2D eigenvalue weighted by molar-refractivity contribution is -0.144. The number of methoxy groups -OCH3 is 2. The standard InChI is InChI=1S/C63H85Cl2N9O10S/c1-43-59(85-42-69-43)45-18-16-44(17-19-45)39-68-61(77)53-33-47(75)41-74(53)62(78)60(63(2,3)4)71-57(76)15-10-9-13-27-82-30-32-83-31-29-81-26-12-8-7-11-20-72-22-24-73(25-23-72)21-14-28-84-56-36-51-48(34-55(56)80-6)58(46(38-66)40-67-51)70-52-37-54(79-5)50(65)35-49(52)64/h16-19,34-37,40,42,47,53,60,75H,7-15,20-33,39,41H2,1-6H3,(H,67,70)(H,68,77)(H,71,76). The molecule has 3 aromatic carbocycles. The summed E-state index contributed by atoms with van der Waals surface area (Å²) in [6.45, 7) is 18.0. The number of halogens is 2.